The Labute approximate surface area is 108 Å². The van der Waals surface area contributed by atoms with Gasteiger partial charge in [-0.2, -0.15) is 0 Å². The molecule has 0 aromatic carbocycles. The Kier molecular flexibility index (Phi) is 9.85. The molecule has 0 aliphatic carbocycles. The molecular formula is C15H32O2. The smallest absolute Gasteiger partial charge is 0.157 e. The fourth-order valence-electron chi connectivity index (χ4n) is 1.89. The molecule has 0 rings (SSSR count). The summed E-state index contributed by atoms with van der Waals surface area (Å²) in [5.41, 5.74) is -0.109. The highest BCUT2D eigenvalue weighted by Gasteiger charge is 2.17. The highest BCUT2D eigenvalue weighted by atomic mass is 16.7. The Bertz CT molecular complexity index is 161. The first kappa shape index (κ1) is 16.9. The van der Waals surface area contributed by atoms with E-state index in [9.17, 15) is 0 Å². The molecule has 0 fully saturated rings. The van der Waals surface area contributed by atoms with Gasteiger partial charge in [-0.1, -0.05) is 45.4 Å². The summed E-state index contributed by atoms with van der Waals surface area (Å²) in [6, 6.07) is 0. The number of hydrogen-bond acceptors (Lipinski definition) is 2. The minimum absolute atomic E-state index is 0.0364. The van der Waals surface area contributed by atoms with Crippen molar-refractivity contribution in [3.8, 4) is 0 Å². The molecule has 2 heteroatoms. The number of unbranched alkanes of at least 4 members (excludes halogenated alkanes) is 6. The lowest BCUT2D eigenvalue weighted by Gasteiger charge is -2.26. The quantitative estimate of drug-likeness (QED) is 0.401. The first-order chi connectivity index (χ1) is 7.99. The zero-order valence-electron chi connectivity index (χ0n) is 12.6. The predicted octanol–water partition coefficient (Wildman–Crippen LogP) is 4.91. The summed E-state index contributed by atoms with van der Waals surface area (Å²) in [5, 5.41) is 0. The number of ether oxygens (including phenoxy) is 2. The molecule has 0 saturated carbocycles. The molecule has 0 bridgehead atoms. The lowest BCUT2D eigenvalue weighted by molar-refractivity contribution is -0.185. The summed E-state index contributed by atoms with van der Waals surface area (Å²) in [4.78, 5) is 0. The van der Waals surface area contributed by atoms with Gasteiger partial charge in [0.05, 0.1) is 5.60 Å². The van der Waals surface area contributed by atoms with Crippen LogP contribution in [0.2, 0.25) is 0 Å². The van der Waals surface area contributed by atoms with Gasteiger partial charge in [-0.05, 0) is 33.6 Å². The van der Waals surface area contributed by atoms with E-state index in [0.29, 0.717) is 0 Å². The third kappa shape index (κ3) is 12.2. The number of hydrogen-bond donors (Lipinski definition) is 0. The fraction of sp³-hybridized carbons (Fsp3) is 1.00. The van der Waals surface area contributed by atoms with E-state index in [1.165, 1.54) is 44.9 Å². The lowest BCUT2D eigenvalue weighted by Crippen LogP contribution is -2.28. The molecule has 0 aliphatic heterocycles. The molecule has 104 valence electrons. The SMILES string of the molecule is CCCCCCCCCC(OC)OC(C)(C)C. The van der Waals surface area contributed by atoms with Crippen LogP contribution in [-0.2, 0) is 9.47 Å². The van der Waals surface area contributed by atoms with Gasteiger partial charge in [0.25, 0.3) is 0 Å². The molecule has 17 heavy (non-hydrogen) atoms. The van der Waals surface area contributed by atoms with Crippen LogP contribution in [0.5, 0.6) is 0 Å². The van der Waals surface area contributed by atoms with Crippen molar-refractivity contribution in [2.24, 2.45) is 0 Å². The van der Waals surface area contributed by atoms with Crippen molar-refractivity contribution in [3.63, 3.8) is 0 Å². The fourth-order valence-corrected chi connectivity index (χ4v) is 1.89. The Morgan fingerprint density at radius 1 is 0.882 bits per heavy atom. The number of methoxy groups -OCH3 is 1. The standard InChI is InChI=1S/C15H32O2/c1-6-7-8-9-10-11-12-13-14(16-5)17-15(2,3)4/h14H,6-13H2,1-5H3. The van der Waals surface area contributed by atoms with Crippen LogP contribution in [0.3, 0.4) is 0 Å². The molecule has 0 N–H and O–H groups in total. The summed E-state index contributed by atoms with van der Waals surface area (Å²) >= 11 is 0. The molecule has 0 spiro atoms. The van der Waals surface area contributed by atoms with Crippen LogP contribution in [-0.4, -0.2) is 19.0 Å². The van der Waals surface area contributed by atoms with Crippen LogP contribution in [0.15, 0.2) is 0 Å². The van der Waals surface area contributed by atoms with E-state index < -0.39 is 0 Å². The maximum absolute atomic E-state index is 5.81. The summed E-state index contributed by atoms with van der Waals surface area (Å²) in [6.07, 6.45) is 10.3. The molecule has 2 nitrogen and oxygen atoms in total. The Morgan fingerprint density at radius 3 is 1.88 bits per heavy atom. The lowest BCUT2D eigenvalue weighted by atomic mass is 10.1. The van der Waals surface area contributed by atoms with Crippen molar-refractivity contribution in [1.29, 1.82) is 0 Å². The van der Waals surface area contributed by atoms with Crippen molar-refractivity contribution in [2.75, 3.05) is 7.11 Å². The van der Waals surface area contributed by atoms with Gasteiger partial charge < -0.3 is 9.47 Å². The molecule has 0 amide bonds. The first-order valence-corrected chi connectivity index (χ1v) is 7.20. The monoisotopic (exact) mass is 244 g/mol. The maximum Gasteiger partial charge on any atom is 0.157 e. The van der Waals surface area contributed by atoms with Gasteiger partial charge in [-0.15, -0.1) is 0 Å². The van der Waals surface area contributed by atoms with Gasteiger partial charge >= 0.3 is 0 Å². The third-order valence-corrected chi connectivity index (χ3v) is 2.79. The Morgan fingerprint density at radius 2 is 1.41 bits per heavy atom. The van der Waals surface area contributed by atoms with Crippen LogP contribution < -0.4 is 0 Å². The highest BCUT2D eigenvalue weighted by molar-refractivity contribution is 4.61. The molecule has 1 atom stereocenters. The molecule has 0 aliphatic rings. The van der Waals surface area contributed by atoms with E-state index in [4.69, 9.17) is 9.47 Å². The molecule has 1 unspecified atom stereocenters. The molecular weight excluding hydrogens is 212 g/mol. The van der Waals surface area contributed by atoms with Crippen LogP contribution >= 0.6 is 0 Å². The average molecular weight is 244 g/mol. The van der Waals surface area contributed by atoms with Crippen molar-refractivity contribution >= 4 is 0 Å². The second-order valence-electron chi connectivity index (χ2n) is 5.81. The van der Waals surface area contributed by atoms with Crippen molar-refractivity contribution < 1.29 is 9.47 Å². The summed E-state index contributed by atoms with van der Waals surface area (Å²) in [5.74, 6) is 0. The average Bonchev–Trinajstić information content (AvgIpc) is 2.24. The van der Waals surface area contributed by atoms with Crippen LogP contribution in [0, 0.1) is 0 Å². The van der Waals surface area contributed by atoms with E-state index >= 15 is 0 Å². The minimum Gasteiger partial charge on any atom is -0.356 e. The zero-order valence-corrected chi connectivity index (χ0v) is 12.6. The second kappa shape index (κ2) is 9.90. The van der Waals surface area contributed by atoms with Gasteiger partial charge in [-0.25, -0.2) is 0 Å². The van der Waals surface area contributed by atoms with E-state index in [-0.39, 0.29) is 11.9 Å². The highest BCUT2D eigenvalue weighted by Crippen LogP contribution is 2.17. The normalized spacial score (nSPS) is 13.9. The maximum atomic E-state index is 5.81. The Hall–Kier alpha value is -0.0800. The minimum atomic E-state index is -0.109. The first-order valence-electron chi connectivity index (χ1n) is 7.20. The van der Waals surface area contributed by atoms with Crippen LogP contribution in [0.25, 0.3) is 0 Å². The molecule has 0 heterocycles. The van der Waals surface area contributed by atoms with E-state index in [2.05, 4.69) is 27.7 Å². The zero-order chi connectivity index (χ0) is 13.1. The van der Waals surface area contributed by atoms with Gasteiger partial charge in [0.2, 0.25) is 0 Å². The Balaban J connectivity index is 3.44. The van der Waals surface area contributed by atoms with Crippen molar-refractivity contribution in [1.82, 2.24) is 0 Å². The van der Waals surface area contributed by atoms with Gasteiger partial charge in [0.15, 0.2) is 6.29 Å². The van der Waals surface area contributed by atoms with Crippen LogP contribution in [0.4, 0.5) is 0 Å². The van der Waals surface area contributed by atoms with Crippen molar-refractivity contribution in [3.05, 3.63) is 0 Å². The molecule has 0 aromatic rings. The topological polar surface area (TPSA) is 18.5 Å². The summed E-state index contributed by atoms with van der Waals surface area (Å²) in [6.45, 7) is 8.48. The molecule has 0 radical (unpaired) electrons. The van der Waals surface area contributed by atoms with E-state index in [0.717, 1.165) is 6.42 Å². The van der Waals surface area contributed by atoms with E-state index in [1.807, 2.05) is 0 Å². The summed E-state index contributed by atoms with van der Waals surface area (Å²) in [7, 11) is 1.73. The predicted molar refractivity (Wildman–Crippen MR) is 74.2 cm³/mol. The van der Waals surface area contributed by atoms with Gasteiger partial charge in [-0.3, -0.25) is 0 Å². The second-order valence-corrected chi connectivity index (χ2v) is 5.81. The van der Waals surface area contributed by atoms with Gasteiger partial charge in [0, 0.05) is 7.11 Å². The van der Waals surface area contributed by atoms with Crippen LogP contribution in [0.1, 0.15) is 79.1 Å². The molecule has 0 saturated heterocycles. The van der Waals surface area contributed by atoms with Crippen molar-refractivity contribution in [2.45, 2.75) is 91.0 Å². The number of rotatable bonds is 10. The van der Waals surface area contributed by atoms with Gasteiger partial charge in [0.1, 0.15) is 0 Å². The molecule has 0 aromatic heterocycles. The third-order valence-electron chi connectivity index (χ3n) is 2.79. The summed E-state index contributed by atoms with van der Waals surface area (Å²) < 4.78 is 11.2. The van der Waals surface area contributed by atoms with E-state index in [1.54, 1.807) is 7.11 Å². The largest absolute Gasteiger partial charge is 0.356 e.